The van der Waals surface area contributed by atoms with E-state index in [1.807, 2.05) is 0 Å². The van der Waals surface area contributed by atoms with E-state index < -0.39 is 24.1 Å². The smallest absolute Gasteiger partial charge is 0.379 e. The van der Waals surface area contributed by atoms with E-state index in [0.29, 0.717) is 15.9 Å². The molecule has 0 aliphatic rings. The molecule has 0 saturated carbocycles. The maximum atomic E-state index is 12.9. The van der Waals surface area contributed by atoms with Crippen LogP contribution in [0.1, 0.15) is 13.8 Å². The molecule has 0 bridgehead atoms. The van der Waals surface area contributed by atoms with Crippen LogP contribution >= 0.6 is 19.2 Å². The van der Waals surface area contributed by atoms with Crippen molar-refractivity contribution in [1.82, 2.24) is 4.57 Å². The number of rotatable bonds is 7. The van der Waals surface area contributed by atoms with Gasteiger partial charge < -0.3 is 18.7 Å². The minimum Gasteiger partial charge on any atom is -0.868 e. The van der Waals surface area contributed by atoms with Gasteiger partial charge in [-0.3, -0.25) is 9.36 Å². The Morgan fingerprint density at radius 2 is 1.88 bits per heavy atom. The fraction of sp³-hybridized carbons (Fsp3) is 0.438. The molecule has 0 radical (unpaired) electrons. The van der Waals surface area contributed by atoms with E-state index in [1.54, 1.807) is 45.4 Å². The number of aryl methyl sites for hydroxylation is 1. The summed E-state index contributed by atoms with van der Waals surface area (Å²) >= 11 is 6.00. The molecule has 0 spiro atoms. The second-order valence-corrected chi connectivity index (χ2v) is 10.3. The number of aromatic nitrogens is 1. The zero-order valence-electron chi connectivity index (χ0n) is 14.6. The second-order valence-electron chi connectivity index (χ2n) is 5.40. The summed E-state index contributed by atoms with van der Waals surface area (Å²) in [5.74, 6) is -0.383. The Morgan fingerprint density at radius 1 is 1.28 bits per heavy atom. The van der Waals surface area contributed by atoms with E-state index in [-0.39, 0.29) is 29.4 Å². The summed E-state index contributed by atoms with van der Waals surface area (Å²) in [5, 5.41) is 13.6. The van der Waals surface area contributed by atoms with Gasteiger partial charge >= 0.3 is 13.2 Å². The Balaban J connectivity index is 2.56. The zero-order valence-corrected chi connectivity index (χ0v) is 17.0. The highest BCUT2D eigenvalue weighted by Gasteiger charge is 2.36. The molecule has 0 aliphatic carbocycles. The second kappa shape index (κ2) is 8.14. The molecule has 1 heterocycles. The van der Waals surface area contributed by atoms with Crippen LogP contribution in [0, 0.1) is 0 Å². The fourth-order valence-corrected chi connectivity index (χ4v) is 7.48. The van der Waals surface area contributed by atoms with Gasteiger partial charge in [0.1, 0.15) is 6.26 Å². The van der Waals surface area contributed by atoms with Crippen molar-refractivity contribution in [2.45, 2.75) is 18.7 Å². The molecule has 2 rings (SSSR count). The normalized spacial score (nSPS) is 13.3. The Hall–Kier alpha value is -0.980. The lowest BCUT2D eigenvalue weighted by Crippen LogP contribution is -2.27. The van der Waals surface area contributed by atoms with Gasteiger partial charge in [-0.25, -0.2) is 0 Å². The highest BCUT2D eigenvalue weighted by Crippen LogP contribution is 2.50. The van der Waals surface area contributed by atoms with Crippen LogP contribution in [0.4, 0.5) is 0 Å². The average molecular weight is 406 g/mol. The Bertz CT molecular complexity index is 875. The summed E-state index contributed by atoms with van der Waals surface area (Å²) in [4.78, 5) is 12.8. The average Bonchev–Trinajstić information content (AvgIpc) is 2.53. The topological polar surface area (TPSA) is 80.6 Å². The molecule has 1 aromatic heterocycles. The van der Waals surface area contributed by atoms with Gasteiger partial charge in [-0.1, -0.05) is 11.6 Å². The van der Waals surface area contributed by atoms with Crippen LogP contribution < -0.4 is 10.7 Å². The molecule has 6 nitrogen and oxygen atoms in total. The lowest BCUT2D eigenvalue weighted by molar-refractivity contribution is -0.270. The van der Waals surface area contributed by atoms with Gasteiger partial charge in [0.25, 0.3) is 0 Å². The Morgan fingerprint density at radius 3 is 2.44 bits per heavy atom. The predicted molar refractivity (Wildman–Crippen MR) is 101 cm³/mol. The molecule has 25 heavy (non-hydrogen) atoms. The van der Waals surface area contributed by atoms with Gasteiger partial charge in [0.05, 0.1) is 18.7 Å². The van der Waals surface area contributed by atoms with Crippen LogP contribution in [0.5, 0.6) is 5.75 Å². The number of hydrogen-bond acceptors (Lipinski definition) is 5. The molecule has 1 atom stereocenters. The first kappa shape index (κ1) is 20.3. The number of fused-ring (bicyclic) bond motifs is 1. The summed E-state index contributed by atoms with van der Waals surface area (Å²) in [6, 6.07) is 4.82. The Kier molecular flexibility index (Phi) is 6.62. The summed E-state index contributed by atoms with van der Waals surface area (Å²) in [6.07, 6.45) is 1.71. The molecule has 0 fully saturated rings. The molecule has 0 amide bonds. The van der Waals surface area contributed by atoms with Gasteiger partial charge in [0, 0.05) is 23.0 Å². The maximum Gasteiger partial charge on any atom is 0.379 e. The van der Waals surface area contributed by atoms with Gasteiger partial charge in [-0.15, -0.1) is 0 Å². The summed E-state index contributed by atoms with van der Waals surface area (Å²) < 4.78 is 24.7. The van der Waals surface area contributed by atoms with Crippen LogP contribution in [0.3, 0.4) is 0 Å². The summed E-state index contributed by atoms with van der Waals surface area (Å²) in [7, 11) is -2.67. The van der Waals surface area contributed by atoms with Crippen LogP contribution in [0.15, 0.2) is 27.9 Å². The zero-order chi connectivity index (χ0) is 18.8. The molecule has 2 aromatic rings. The van der Waals surface area contributed by atoms with Gasteiger partial charge in [-0.2, -0.15) is 0 Å². The quantitative estimate of drug-likeness (QED) is 0.522. The van der Waals surface area contributed by atoms with Gasteiger partial charge in [0.2, 0.25) is 10.4 Å². The Labute approximate surface area is 154 Å². The molecule has 0 aliphatic heterocycles. The SMILES string of the molecule is CCOP(=O)(C[S+](C)c1c([O-])c2cc(Cl)ccc2n(C)c1=O)OCC. The van der Waals surface area contributed by atoms with Gasteiger partial charge in [-0.05, 0) is 43.2 Å². The third-order valence-corrected chi connectivity index (χ3v) is 9.03. The lowest BCUT2D eigenvalue weighted by Gasteiger charge is -2.20. The van der Waals surface area contributed by atoms with Gasteiger partial charge in [0.15, 0.2) is 0 Å². The first-order valence-electron chi connectivity index (χ1n) is 7.74. The van der Waals surface area contributed by atoms with Crippen LogP contribution in [-0.4, -0.2) is 29.5 Å². The molecule has 138 valence electrons. The molecule has 1 unspecified atom stereocenters. The summed E-state index contributed by atoms with van der Waals surface area (Å²) in [5.41, 5.74) is 0.105. The van der Waals surface area contributed by atoms with E-state index in [0.717, 1.165) is 0 Å². The van der Waals surface area contributed by atoms with E-state index >= 15 is 0 Å². The van der Waals surface area contributed by atoms with Crippen LogP contribution in [-0.2, 0) is 31.6 Å². The molecular weight excluding hydrogens is 385 g/mol. The van der Waals surface area contributed by atoms with Crippen molar-refractivity contribution in [2.75, 3.05) is 25.0 Å². The minimum absolute atomic E-state index is 0.00870. The number of pyridine rings is 1. The third-order valence-electron chi connectivity index (χ3n) is 3.62. The van der Waals surface area contributed by atoms with E-state index in [2.05, 4.69) is 0 Å². The van der Waals surface area contributed by atoms with Crippen molar-refractivity contribution < 1.29 is 18.7 Å². The molecule has 0 N–H and O–H groups in total. The number of hydrogen-bond donors (Lipinski definition) is 0. The van der Waals surface area contributed by atoms with Crippen LogP contribution in [0.2, 0.25) is 5.02 Å². The van der Waals surface area contributed by atoms with Crippen molar-refractivity contribution in [3.63, 3.8) is 0 Å². The minimum atomic E-state index is -3.37. The molecule has 9 heteroatoms. The third kappa shape index (κ3) is 4.23. The van der Waals surface area contributed by atoms with E-state index in [4.69, 9.17) is 20.6 Å². The van der Waals surface area contributed by atoms with Crippen molar-refractivity contribution in [3.8, 4) is 5.75 Å². The van der Waals surface area contributed by atoms with Crippen molar-refractivity contribution in [1.29, 1.82) is 0 Å². The predicted octanol–water partition coefficient (Wildman–Crippen LogP) is 3.10. The number of nitrogens with zero attached hydrogens (tertiary/aromatic N) is 1. The summed E-state index contributed by atoms with van der Waals surface area (Å²) in [6.45, 7) is 3.89. The van der Waals surface area contributed by atoms with Crippen molar-refractivity contribution in [2.24, 2.45) is 7.05 Å². The largest absolute Gasteiger partial charge is 0.868 e. The van der Waals surface area contributed by atoms with Crippen molar-refractivity contribution >= 4 is 41.0 Å². The maximum absolute atomic E-state index is 12.9. The van der Waals surface area contributed by atoms with E-state index in [9.17, 15) is 14.5 Å². The highest BCUT2D eigenvalue weighted by molar-refractivity contribution is 8.01. The van der Waals surface area contributed by atoms with Crippen molar-refractivity contribution in [3.05, 3.63) is 33.6 Å². The number of benzene rings is 1. The highest BCUT2D eigenvalue weighted by atomic mass is 35.5. The standard InChI is InChI=1S/C16H21ClNO5PS/c1-5-22-24(21,23-6-2)10-25(4)15-14(19)12-9-11(17)7-8-13(12)18(3)16(15)20/h7-9H,5-6,10H2,1-4H3. The van der Waals surface area contributed by atoms with Crippen LogP contribution in [0.25, 0.3) is 10.9 Å². The van der Waals surface area contributed by atoms with E-state index in [1.165, 1.54) is 4.57 Å². The molecule has 1 aromatic carbocycles. The lowest BCUT2D eigenvalue weighted by atomic mass is 10.2. The first-order valence-corrected chi connectivity index (χ1v) is 11.6. The molecular formula is C16H21ClNO5PS. The first-order chi connectivity index (χ1) is 11.7. The monoisotopic (exact) mass is 405 g/mol. The number of halogens is 1. The molecule has 0 saturated heterocycles. The fourth-order valence-electron chi connectivity index (χ4n) is 2.58.